The number of aromatic hydroxyl groups is 2. The van der Waals surface area contributed by atoms with E-state index in [1.807, 2.05) is 0 Å². The maximum absolute atomic E-state index is 13.9. The zero-order chi connectivity index (χ0) is 36.1. The number of hydrogen-bond acceptors (Lipinski definition) is 14. The van der Waals surface area contributed by atoms with E-state index in [0.29, 0.717) is 5.75 Å². The number of nitrogens with one attached hydrogen (secondary N) is 1. The van der Waals surface area contributed by atoms with Gasteiger partial charge in [-0.1, -0.05) is 30.3 Å². The molecule has 7 atom stereocenters. The van der Waals surface area contributed by atoms with Crippen molar-refractivity contribution in [3.63, 3.8) is 0 Å². The Morgan fingerprint density at radius 1 is 1.04 bits per heavy atom. The Morgan fingerprint density at radius 2 is 1.74 bits per heavy atom. The Balaban J connectivity index is 1.38. The van der Waals surface area contributed by atoms with E-state index in [4.69, 9.17) is 24.7 Å². The van der Waals surface area contributed by atoms with E-state index in [2.05, 4.69) is 5.32 Å². The average Bonchev–Trinajstić information content (AvgIpc) is 3.09. The van der Waals surface area contributed by atoms with Gasteiger partial charge in [-0.3, -0.25) is 24.5 Å². The number of para-hydroxylation sites is 1. The number of ketones is 3. The van der Waals surface area contributed by atoms with E-state index < -0.39 is 108 Å². The van der Waals surface area contributed by atoms with Crippen molar-refractivity contribution in [3.8, 4) is 23.0 Å². The van der Waals surface area contributed by atoms with Crippen molar-refractivity contribution < 1.29 is 63.7 Å². The highest BCUT2D eigenvalue weighted by molar-refractivity contribution is 6.31. The molecule has 1 amide bonds. The van der Waals surface area contributed by atoms with E-state index >= 15 is 0 Å². The molecule has 0 saturated carbocycles. The van der Waals surface area contributed by atoms with Gasteiger partial charge in [-0.2, -0.15) is 0 Å². The fourth-order valence-electron chi connectivity index (χ4n) is 6.88. The standard InChI is InChI=1S/C35H36N2O13/c1-15-28(40)19(37-34(33(36)45)49-16-7-4-3-5-8-16)11-23(48-15)50-21-13-35(46,22(39)14-38)12-18-25(21)32(44)27-26(30(18)42)29(41)17-9-6-10-20(47-2)24(17)31(27)43/h3-10,15,19,21,23,28,34,37-38,40,42,44,46H,11-14H2,1-2H3,(H2,36,45)/t15?,19?,21-,23?,28?,34?,35-/m0/s1. The number of carbonyl (C=O) groups is 4. The van der Waals surface area contributed by atoms with Crippen molar-refractivity contribution in [2.75, 3.05) is 13.7 Å². The number of fused-ring (bicyclic) bond motifs is 3. The van der Waals surface area contributed by atoms with Crippen LogP contribution in [0.1, 0.15) is 68.8 Å². The van der Waals surface area contributed by atoms with Gasteiger partial charge in [0, 0.05) is 42.0 Å². The number of primary amides is 1. The minimum Gasteiger partial charge on any atom is -0.507 e. The van der Waals surface area contributed by atoms with Crippen LogP contribution in [0.15, 0.2) is 48.5 Å². The van der Waals surface area contributed by atoms with Crippen LogP contribution in [0.5, 0.6) is 23.0 Å². The fourth-order valence-corrected chi connectivity index (χ4v) is 6.88. The second-order valence-electron chi connectivity index (χ2n) is 12.5. The van der Waals surface area contributed by atoms with Gasteiger partial charge in [-0.05, 0) is 25.1 Å². The molecule has 3 aliphatic rings. The van der Waals surface area contributed by atoms with Crippen LogP contribution in [0.4, 0.5) is 0 Å². The van der Waals surface area contributed by atoms with Crippen molar-refractivity contribution >= 4 is 23.3 Å². The minimum atomic E-state index is -2.34. The van der Waals surface area contributed by atoms with Gasteiger partial charge in [0.05, 0.1) is 42.1 Å². The lowest BCUT2D eigenvalue weighted by Crippen LogP contribution is -2.60. The first-order valence-electron chi connectivity index (χ1n) is 15.8. The molecule has 1 saturated heterocycles. The molecule has 6 rings (SSSR count). The van der Waals surface area contributed by atoms with Gasteiger partial charge in [0.1, 0.15) is 35.2 Å². The Labute approximate surface area is 285 Å². The summed E-state index contributed by atoms with van der Waals surface area (Å²) in [7, 11) is 1.31. The van der Waals surface area contributed by atoms with Crippen molar-refractivity contribution in [2.24, 2.45) is 5.73 Å². The van der Waals surface area contributed by atoms with Crippen LogP contribution >= 0.6 is 0 Å². The molecule has 50 heavy (non-hydrogen) atoms. The molecule has 0 aromatic heterocycles. The van der Waals surface area contributed by atoms with E-state index in [9.17, 15) is 44.7 Å². The van der Waals surface area contributed by atoms with Crippen LogP contribution in [0.2, 0.25) is 0 Å². The van der Waals surface area contributed by atoms with Crippen LogP contribution in [0.3, 0.4) is 0 Å². The number of methoxy groups -OCH3 is 1. The first kappa shape index (κ1) is 34.9. The molecule has 15 heteroatoms. The lowest BCUT2D eigenvalue weighted by Gasteiger charge is -2.43. The predicted octanol–water partition coefficient (Wildman–Crippen LogP) is 0.523. The van der Waals surface area contributed by atoms with Crippen LogP contribution in [0, 0.1) is 0 Å². The van der Waals surface area contributed by atoms with E-state index in [1.54, 1.807) is 30.3 Å². The molecular formula is C35H36N2O13. The molecule has 264 valence electrons. The van der Waals surface area contributed by atoms with Crippen LogP contribution < -0.4 is 20.5 Å². The van der Waals surface area contributed by atoms with Crippen molar-refractivity contribution in [1.29, 1.82) is 0 Å². The zero-order valence-corrected chi connectivity index (χ0v) is 27.0. The molecule has 3 aromatic rings. The van der Waals surface area contributed by atoms with E-state index in [0.717, 1.165) is 0 Å². The summed E-state index contributed by atoms with van der Waals surface area (Å²) in [5, 5.41) is 58.4. The van der Waals surface area contributed by atoms with Gasteiger partial charge >= 0.3 is 0 Å². The molecular weight excluding hydrogens is 656 g/mol. The quantitative estimate of drug-likeness (QED) is 0.0886. The SMILES string of the molecule is COc1cccc2c1C(=O)c1c(O)c3c(c(O)c1C2=O)C[C@@](O)(C(=O)CO)C[C@@H]3OC1CC(NC(Oc2ccccc2)C(N)=O)C(O)C(C)O1. The third-order valence-corrected chi connectivity index (χ3v) is 9.38. The van der Waals surface area contributed by atoms with Crippen LogP contribution in [-0.4, -0.2) is 98.9 Å². The number of phenolic OH excluding ortho intramolecular Hbond substituents is 2. The fraction of sp³-hybridized carbons (Fsp3) is 0.371. The summed E-state index contributed by atoms with van der Waals surface area (Å²) in [5.41, 5.74) is 1.53. The smallest absolute Gasteiger partial charge is 0.274 e. The molecule has 8 N–H and O–H groups in total. The number of aliphatic hydroxyl groups is 3. The maximum atomic E-state index is 13.9. The van der Waals surface area contributed by atoms with Gasteiger partial charge in [0.15, 0.2) is 17.9 Å². The summed E-state index contributed by atoms with van der Waals surface area (Å²) in [6.45, 7) is 0.452. The van der Waals surface area contributed by atoms with E-state index in [1.165, 1.54) is 32.2 Å². The molecule has 1 aliphatic heterocycles. The van der Waals surface area contributed by atoms with Gasteiger partial charge < -0.3 is 50.2 Å². The number of carbonyl (C=O) groups excluding carboxylic acids is 4. The van der Waals surface area contributed by atoms with Gasteiger partial charge in [0.25, 0.3) is 5.91 Å². The summed E-state index contributed by atoms with van der Waals surface area (Å²) in [5.74, 6) is -4.63. The highest BCUT2D eigenvalue weighted by Gasteiger charge is 2.50. The predicted molar refractivity (Wildman–Crippen MR) is 171 cm³/mol. The Morgan fingerprint density at radius 3 is 2.40 bits per heavy atom. The number of aliphatic hydroxyl groups excluding tert-OH is 2. The number of ether oxygens (including phenoxy) is 4. The highest BCUT2D eigenvalue weighted by Crippen LogP contribution is 2.52. The van der Waals surface area contributed by atoms with Gasteiger partial charge in [-0.15, -0.1) is 0 Å². The average molecular weight is 693 g/mol. The second kappa shape index (κ2) is 13.4. The third-order valence-electron chi connectivity index (χ3n) is 9.38. The molecule has 1 heterocycles. The Bertz CT molecular complexity index is 1860. The van der Waals surface area contributed by atoms with Crippen molar-refractivity contribution in [2.45, 2.75) is 68.7 Å². The first-order valence-corrected chi connectivity index (χ1v) is 15.8. The topological polar surface area (TPSA) is 244 Å². The lowest BCUT2D eigenvalue weighted by molar-refractivity contribution is -0.251. The van der Waals surface area contributed by atoms with Crippen molar-refractivity contribution in [3.05, 3.63) is 81.9 Å². The number of Topliss-reactive ketones (excluding diaryl/α,β-unsaturated/α-hetero) is 1. The summed E-state index contributed by atoms with van der Waals surface area (Å²) < 4.78 is 23.1. The summed E-state index contributed by atoms with van der Waals surface area (Å²) in [4.78, 5) is 52.8. The monoisotopic (exact) mass is 692 g/mol. The molecule has 5 unspecified atom stereocenters. The molecule has 3 aromatic carbocycles. The Hall–Kier alpha value is -4.90. The number of hydrogen-bond donors (Lipinski definition) is 7. The summed E-state index contributed by atoms with van der Waals surface area (Å²) in [6, 6.07) is 11.7. The normalized spacial score (nSPS) is 26.3. The Kier molecular flexibility index (Phi) is 9.39. The number of amides is 1. The lowest BCUT2D eigenvalue weighted by atomic mass is 9.72. The minimum absolute atomic E-state index is 0.0611. The number of rotatable bonds is 10. The number of phenols is 2. The van der Waals surface area contributed by atoms with Crippen LogP contribution in [0.25, 0.3) is 0 Å². The largest absolute Gasteiger partial charge is 0.507 e. The summed E-state index contributed by atoms with van der Waals surface area (Å²) in [6.07, 6.45) is -7.61. The van der Waals surface area contributed by atoms with E-state index in [-0.39, 0.29) is 34.4 Å². The molecule has 0 spiro atoms. The molecule has 15 nitrogen and oxygen atoms in total. The first-order chi connectivity index (χ1) is 23.8. The molecule has 0 radical (unpaired) electrons. The highest BCUT2D eigenvalue weighted by atomic mass is 16.7. The molecule has 0 bridgehead atoms. The second-order valence-corrected chi connectivity index (χ2v) is 12.5. The summed E-state index contributed by atoms with van der Waals surface area (Å²) >= 11 is 0. The zero-order valence-electron chi connectivity index (χ0n) is 27.0. The third kappa shape index (κ3) is 5.97. The van der Waals surface area contributed by atoms with Gasteiger partial charge in [0.2, 0.25) is 12.0 Å². The maximum Gasteiger partial charge on any atom is 0.274 e. The van der Waals surface area contributed by atoms with Crippen molar-refractivity contribution in [1.82, 2.24) is 5.32 Å². The number of nitrogens with two attached hydrogens (primary N) is 1. The molecule has 1 fully saturated rings. The van der Waals surface area contributed by atoms with Gasteiger partial charge in [-0.25, -0.2) is 0 Å². The van der Waals surface area contributed by atoms with Crippen LogP contribution in [-0.2, 0) is 25.5 Å². The number of benzene rings is 3. The molecule has 2 aliphatic carbocycles.